The number of aliphatic hydroxyl groups excluding tert-OH is 1. The molecule has 0 unspecified atom stereocenters. The third-order valence-corrected chi connectivity index (χ3v) is 5.61. The number of hydrogen-bond donors (Lipinski definition) is 1. The maximum atomic E-state index is 13.0. The molecule has 0 spiro atoms. The van der Waals surface area contributed by atoms with E-state index in [0.717, 1.165) is 6.54 Å². The Morgan fingerprint density at radius 3 is 2.69 bits per heavy atom. The number of carbonyl (C=O) groups is 2. The summed E-state index contributed by atoms with van der Waals surface area (Å²) < 4.78 is 6.55. The van der Waals surface area contributed by atoms with E-state index in [1.165, 1.54) is 15.5 Å². The molecule has 0 radical (unpaired) electrons. The summed E-state index contributed by atoms with van der Waals surface area (Å²) in [6.45, 7) is 1.10. The van der Waals surface area contributed by atoms with Gasteiger partial charge in [-0.1, -0.05) is 6.07 Å². The third-order valence-electron chi connectivity index (χ3n) is 5.61. The number of carbonyl (C=O) groups excluding carboxylic acids is 2. The minimum absolute atomic E-state index is 0.00881. The second-order valence-corrected chi connectivity index (χ2v) is 8.05. The Balaban J connectivity index is 1.82. The molecule has 1 saturated heterocycles. The normalized spacial score (nSPS) is 18.2. The van der Waals surface area contributed by atoms with Gasteiger partial charge in [-0.25, -0.2) is 4.79 Å². The molecule has 4 rings (SSSR count). The first-order valence-corrected chi connectivity index (χ1v) is 10.2. The van der Waals surface area contributed by atoms with Gasteiger partial charge in [0.1, 0.15) is 5.76 Å². The SMILES string of the molecule is CN(C)CCCN1C(=O)C(=O)/C(=C(/O)c2ccc3c(c2)oc(=O)n3C)[C@@H]1c1cccnc1. The molecule has 1 N–H and O–H groups in total. The highest BCUT2D eigenvalue weighted by Crippen LogP contribution is 2.39. The Kier molecular flexibility index (Phi) is 5.67. The van der Waals surface area contributed by atoms with Crippen molar-refractivity contribution in [2.24, 2.45) is 7.05 Å². The van der Waals surface area contributed by atoms with Crippen LogP contribution in [-0.2, 0) is 16.6 Å². The van der Waals surface area contributed by atoms with Gasteiger partial charge in [0.2, 0.25) is 0 Å². The molecule has 1 aliphatic heterocycles. The van der Waals surface area contributed by atoms with Crippen LogP contribution in [0.5, 0.6) is 0 Å². The minimum Gasteiger partial charge on any atom is -0.507 e. The van der Waals surface area contributed by atoms with Crippen LogP contribution in [0.15, 0.2) is 57.5 Å². The molecule has 0 bridgehead atoms. The Morgan fingerprint density at radius 2 is 2.00 bits per heavy atom. The molecule has 0 saturated carbocycles. The molecule has 3 heterocycles. The maximum absolute atomic E-state index is 13.0. The number of fused-ring (bicyclic) bond motifs is 1. The molecule has 1 atom stereocenters. The average Bonchev–Trinajstić information content (AvgIpc) is 3.20. The van der Waals surface area contributed by atoms with Crippen molar-refractivity contribution in [2.45, 2.75) is 12.5 Å². The van der Waals surface area contributed by atoms with Gasteiger partial charge in [-0.15, -0.1) is 0 Å². The summed E-state index contributed by atoms with van der Waals surface area (Å²) in [5.74, 6) is -2.26. The number of rotatable bonds is 6. The molecule has 9 heteroatoms. The van der Waals surface area contributed by atoms with Crippen LogP contribution in [0.2, 0.25) is 0 Å². The third kappa shape index (κ3) is 3.71. The molecule has 2 aromatic heterocycles. The predicted octanol–water partition coefficient (Wildman–Crippen LogP) is 1.90. The van der Waals surface area contributed by atoms with Gasteiger partial charge in [0.15, 0.2) is 5.58 Å². The Morgan fingerprint density at radius 1 is 1.22 bits per heavy atom. The number of ketones is 1. The highest BCUT2D eigenvalue weighted by atomic mass is 16.4. The van der Waals surface area contributed by atoms with E-state index in [0.29, 0.717) is 24.0 Å². The number of nitrogens with zero attached hydrogens (tertiary/aromatic N) is 4. The monoisotopic (exact) mass is 436 g/mol. The van der Waals surface area contributed by atoms with Crippen LogP contribution >= 0.6 is 0 Å². The molecule has 1 fully saturated rings. The van der Waals surface area contributed by atoms with Crippen molar-refractivity contribution in [3.8, 4) is 0 Å². The molecule has 1 amide bonds. The summed E-state index contributed by atoms with van der Waals surface area (Å²) in [6.07, 6.45) is 3.85. The quantitative estimate of drug-likeness (QED) is 0.357. The lowest BCUT2D eigenvalue weighted by molar-refractivity contribution is -0.139. The van der Waals surface area contributed by atoms with Gasteiger partial charge in [0.05, 0.1) is 17.1 Å². The predicted molar refractivity (Wildman–Crippen MR) is 118 cm³/mol. The molecule has 1 aliphatic rings. The van der Waals surface area contributed by atoms with Crippen LogP contribution in [0.1, 0.15) is 23.6 Å². The second kappa shape index (κ2) is 8.43. The fourth-order valence-corrected chi connectivity index (χ4v) is 3.99. The van der Waals surface area contributed by atoms with Crippen LogP contribution in [-0.4, -0.2) is 63.3 Å². The van der Waals surface area contributed by atoms with Gasteiger partial charge in [-0.3, -0.25) is 19.1 Å². The van der Waals surface area contributed by atoms with Crippen molar-refractivity contribution < 1.29 is 19.1 Å². The molecule has 9 nitrogen and oxygen atoms in total. The van der Waals surface area contributed by atoms with Crippen molar-refractivity contribution in [3.63, 3.8) is 0 Å². The van der Waals surface area contributed by atoms with Gasteiger partial charge in [-0.05, 0) is 56.9 Å². The number of Topliss-reactive ketones (excluding diaryl/α,β-unsaturated/α-hetero) is 1. The van der Waals surface area contributed by atoms with E-state index in [2.05, 4.69) is 4.98 Å². The smallest absolute Gasteiger partial charge is 0.419 e. The Labute approximate surface area is 184 Å². The lowest BCUT2D eigenvalue weighted by Crippen LogP contribution is -2.32. The highest BCUT2D eigenvalue weighted by molar-refractivity contribution is 6.46. The van der Waals surface area contributed by atoms with Crippen LogP contribution < -0.4 is 5.76 Å². The summed E-state index contributed by atoms with van der Waals surface area (Å²) in [5.41, 5.74) is 1.74. The molecular weight excluding hydrogens is 412 g/mol. The first kappa shape index (κ1) is 21.5. The fourth-order valence-electron chi connectivity index (χ4n) is 3.99. The van der Waals surface area contributed by atoms with Crippen molar-refractivity contribution in [3.05, 3.63) is 70.0 Å². The number of amides is 1. The molecule has 166 valence electrons. The largest absolute Gasteiger partial charge is 0.507 e. The summed E-state index contributed by atoms with van der Waals surface area (Å²) in [4.78, 5) is 45.3. The Bertz CT molecular complexity index is 1270. The van der Waals surface area contributed by atoms with E-state index in [1.54, 1.807) is 43.7 Å². The minimum atomic E-state index is -0.760. The van der Waals surface area contributed by atoms with Crippen molar-refractivity contribution >= 4 is 28.5 Å². The first-order valence-electron chi connectivity index (χ1n) is 10.2. The van der Waals surface area contributed by atoms with Crippen molar-refractivity contribution in [1.29, 1.82) is 0 Å². The zero-order valence-electron chi connectivity index (χ0n) is 18.1. The van der Waals surface area contributed by atoms with Crippen LogP contribution in [0.3, 0.4) is 0 Å². The van der Waals surface area contributed by atoms with Gasteiger partial charge in [0.25, 0.3) is 11.7 Å². The zero-order valence-corrected chi connectivity index (χ0v) is 18.1. The molecule has 0 aliphatic carbocycles. The van der Waals surface area contributed by atoms with Crippen molar-refractivity contribution in [1.82, 2.24) is 19.4 Å². The number of oxazole rings is 1. The van der Waals surface area contributed by atoms with E-state index in [-0.39, 0.29) is 22.5 Å². The van der Waals surface area contributed by atoms with Gasteiger partial charge < -0.3 is 19.3 Å². The van der Waals surface area contributed by atoms with E-state index < -0.39 is 23.5 Å². The van der Waals surface area contributed by atoms with E-state index in [1.807, 2.05) is 19.0 Å². The average molecular weight is 436 g/mol. The maximum Gasteiger partial charge on any atom is 0.419 e. The molecule has 32 heavy (non-hydrogen) atoms. The van der Waals surface area contributed by atoms with E-state index in [9.17, 15) is 19.5 Å². The fraction of sp³-hybridized carbons (Fsp3) is 0.304. The number of pyridine rings is 1. The molecule has 3 aromatic rings. The van der Waals surface area contributed by atoms with Gasteiger partial charge >= 0.3 is 5.76 Å². The second-order valence-electron chi connectivity index (χ2n) is 8.05. The van der Waals surface area contributed by atoms with Gasteiger partial charge in [-0.2, -0.15) is 0 Å². The standard InChI is InChI=1S/C23H24N4O5/c1-25(2)10-5-11-27-19(15-6-4-9-24-13-15)18(21(29)22(27)30)20(28)14-7-8-16-17(12-14)32-23(31)26(16)3/h4,6-9,12-13,19,28H,5,10-11H2,1-3H3/b20-18+/t19-/m0/s1. The molecule has 1 aromatic carbocycles. The number of likely N-dealkylation sites (tertiary alicyclic amines) is 1. The first-order chi connectivity index (χ1) is 15.3. The lowest BCUT2D eigenvalue weighted by atomic mass is 9.96. The topological polar surface area (TPSA) is 109 Å². The molecular formula is C23H24N4O5. The number of benzene rings is 1. The van der Waals surface area contributed by atoms with E-state index in [4.69, 9.17) is 4.42 Å². The summed E-state index contributed by atoms with van der Waals surface area (Å²) in [6, 6.07) is 7.44. The summed E-state index contributed by atoms with van der Waals surface area (Å²) in [5, 5.41) is 11.1. The number of hydrogen-bond acceptors (Lipinski definition) is 7. The number of aromatic nitrogens is 2. The lowest BCUT2D eigenvalue weighted by Gasteiger charge is -2.25. The van der Waals surface area contributed by atoms with Gasteiger partial charge in [0, 0.05) is 31.5 Å². The van der Waals surface area contributed by atoms with Crippen LogP contribution in [0.4, 0.5) is 0 Å². The van der Waals surface area contributed by atoms with Crippen LogP contribution in [0.25, 0.3) is 16.9 Å². The van der Waals surface area contributed by atoms with Crippen LogP contribution in [0, 0.1) is 0 Å². The van der Waals surface area contributed by atoms with E-state index >= 15 is 0 Å². The zero-order chi connectivity index (χ0) is 23.0. The highest BCUT2D eigenvalue weighted by Gasteiger charge is 2.45. The van der Waals surface area contributed by atoms with Crippen molar-refractivity contribution in [2.75, 3.05) is 27.2 Å². The number of aryl methyl sites for hydroxylation is 1. The summed E-state index contributed by atoms with van der Waals surface area (Å²) >= 11 is 0. The number of aliphatic hydroxyl groups is 1. The Hall–Kier alpha value is -3.72. The summed E-state index contributed by atoms with van der Waals surface area (Å²) in [7, 11) is 5.45.